The second-order valence-electron chi connectivity index (χ2n) is 7.09. The van der Waals surface area contributed by atoms with Crippen LogP contribution in [0.5, 0.6) is 0 Å². The maximum atomic E-state index is 13.0. The van der Waals surface area contributed by atoms with E-state index in [4.69, 9.17) is 0 Å². The summed E-state index contributed by atoms with van der Waals surface area (Å²) < 4.78 is 40.8. The number of aromatic nitrogens is 2. The summed E-state index contributed by atoms with van der Waals surface area (Å²) in [5.74, 6) is 0. The van der Waals surface area contributed by atoms with E-state index < -0.39 is 11.7 Å². The Morgan fingerprint density at radius 2 is 1.57 bits per heavy atom. The summed E-state index contributed by atoms with van der Waals surface area (Å²) in [6, 6.07) is 20.0. The van der Waals surface area contributed by atoms with E-state index >= 15 is 0 Å². The lowest BCUT2D eigenvalue weighted by Gasteiger charge is -2.21. The third kappa shape index (κ3) is 3.77. The van der Waals surface area contributed by atoms with Crippen molar-refractivity contribution in [2.75, 3.05) is 18.0 Å². The van der Waals surface area contributed by atoms with Crippen LogP contribution >= 0.6 is 0 Å². The molecule has 4 rings (SSSR count). The number of benzene rings is 3. The van der Waals surface area contributed by atoms with Gasteiger partial charge < -0.3 is 4.90 Å². The van der Waals surface area contributed by atoms with Crippen LogP contribution in [0.3, 0.4) is 0 Å². The van der Waals surface area contributed by atoms with Crippen molar-refractivity contribution in [2.24, 2.45) is 0 Å². The first-order valence-electron chi connectivity index (χ1n) is 9.91. The fourth-order valence-corrected chi connectivity index (χ4v) is 3.70. The molecule has 0 atom stereocenters. The Bertz CT molecular complexity index is 1170. The van der Waals surface area contributed by atoms with E-state index in [0.717, 1.165) is 47.7 Å². The van der Waals surface area contributed by atoms with Crippen molar-refractivity contribution in [1.82, 2.24) is 9.55 Å². The number of hydrogen-bond donors (Lipinski definition) is 0. The minimum Gasteiger partial charge on any atom is -0.372 e. The van der Waals surface area contributed by atoms with Crippen molar-refractivity contribution in [2.45, 2.75) is 20.0 Å². The van der Waals surface area contributed by atoms with Gasteiger partial charge in [-0.05, 0) is 67.4 Å². The van der Waals surface area contributed by atoms with Crippen LogP contribution in [0, 0.1) is 0 Å². The number of imidazole rings is 1. The number of anilines is 1. The molecule has 1 aromatic heterocycles. The Balaban J connectivity index is 1.73. The minimum absolute atomic E-state index is 0.318. The van der Waals surface area contributed by atoms with E-state index in [1.807, 2.05) is 34.9 Å². The molecule has 4 aromatic rings. The molecular formula is C24H22F3N3. The van der Waals surface area contributed by atoms with E-state index in [1.165, 1.54) is 6.07 Å². The fraction of sp³-hybridized carbons (Fsp3) is 0.208. The molecule has 0 unspecified atom stereocenters. The van der Waals surface area contributed by atoms with Gasteiger partial charge in [0.2, 0.25) is 0 Å². The van der Waals surface area contributed by atoms with Gasteiger partial charge in [-0.3, -0.25) is 4.57 Å². The van der Waals surface area contributed by atoms with Crippen LogP contribution < -0.4 is 4.90 Å². The predicted molar refractivity (Wildman–Crippen MR) is 115 cm³/mol. The SMILES string of the molecule is CCN(CC)c1cccc(-c2cccc(-n3cnc4cc(C(F)(F)F)ccc43)c2)c1. The smallest absolute Gasteiger partial charge is 0.372 e. The number of rotatable bonds is 5. The molecule has 0 radical (unpaired) electrons. The summed E-state index contributed by atoms with van der Waals surface area (Å²) in [6.07, 6.45) is -2.82. The summed E-state index contributed by atoms with van der Waals surface area (Å²) in [6.45, 7) is 6.12. The molecule has 0 saturated carbocycles. The van der Waals surface area contributed by atoms with E-state index in [2.05, 4.69) is 41.9 Å². The first-order chi connectivity index (χ1) is 14.4. The Labute approximate surface area is 173 Å². The average Bonchev–Trinajstić information content (AvgIpc) is 3.18. The lowest BCUT2D eigenvalue weighted by atomic mass is 10.0. The lowest BCUT2D eigenvalue weighted by Crippen LogP contribution is -2.21. The van der Waals surface area contributed by atoms with Crippen molar-refractivity contribution >= 4 is 16.7 Å². The lowest BCUT2D eigenvalue weighted by molar-refractivity contribution is -0.137. The standard InChI is InChI=1S/C24H22F3N3/c1-3-29(4-2)20-9-5-7-17(13-20)18-8-6-10-21(14-18)30-16-28-22-15-19(24(25,26)27)11-12-23(22)30/h5-16H,3-4H2,1-2H3. The second kappa shape index (κ2) is 7.86. The van der Waals surface area contributed by atoms with Crippen LogP contribution in [0.4, 0.5) is 18.9 Å². The van der Waals surface area contributed by atoms with Gasteiger partial charge >= 0.3 is 6.18 Å². The second-order valence-corrected chi connectivity index (χ2v) is 7.09. The summed E-state index contributed by atoms with van der Waals surface area (Å²) in [5.41, 5.74) is 4.40. The highest BCUT2D eigenvalue weighted by Gasteiger charge is 2.30. The maximum Gasteiger partial charge on any atom is 0.416 e. The van der Waals surface area contributed by atoms with Gasteiger partial charge in [-0.15, -0.1) is 0 Å². The number of alkyl halides is 3. The molecule has 3 nitrogen and oxygen atoms in total. The van der Waals surface area contributed by atoms with E-state index in [9.17, 15) is 13.2 Å². The Morgan fingerprint density at radius 1 is 0.867 bits per heavy atom. The van der Waals surface area contributed by atoms with Crippen molar-refractivity contribution < 1.29 is 13.2 Å². The molecule has 154 valence electrons. The Hall–Kier alpha value is -3.28. The van der Waals surface area contributed by atoms with Crippen LogP contribution in [-0.2, 0) is 6.18 Å². The third-order valence-corrected chi connectivity index (χ3v) is 5.31. The van der Waals surface area contributed by atoms with Gasteiger partial charge in [0.15, 0.2) is 0 Å². The fourth-order valence-electron chi connectivity index (χ4n) is 3.70. The van der Waals surface area contributed by atoms with Crippen LogP contribution in [0.25, 0.3) is 27.8 Å². The molecule has 1 heterocycles. The zero-order valence-electron chi connectivity index (χ0n) is 16.8. The van der Waals surface area contributed by atoms with Gasteiger partial charge in [0.1, 0.15) is 6.33 Å². The van der Waals surface area contributed by atoms with Crippen molar-refractivity contribution in [3.05, 3.63) is 78.6 Å². The van der Waals surface area contributed by atoms with Crippen LogP contribution in [-0.4, -0.2) is 22.6 Å². The van der Waals surface area contributed by atoms with Gasteiger partial charge in [0.25, 0.3) is 0 Å². The molecule has 0 aliphatic rings. The molecule has 0 bridgehead atoms. The minimum atomic E-state index is -4.38. The zero-order valence-corrected chi connectivity index (χ0v) is 16.8. The molecule has 3 aromatic carbocycles. The Morgan fingerprint density at radius 3 is 2.27 bits per heavy atom. The number of hydrogen-bond acceptors (Lipinski definition) is 2. The summed E-state index contributed by atoms with van der Waals surface area (Å²) >= 11 is 0. The van der Waals surface area contributed by atoms with E-state index in [1.54, 1.807) is 6.33 Å². The predicted octanol–water partition coefficient (Wildman–Crippen LogP) is 6.56. The highest BCUT2D eigenvalue weighted by molar-refractivity contribution is 5.79. The molecule has 30 heavy (non-hydrogen) atoms. The maximum absolute atomic E-state index is 13.0. The van der Waals surface area contributed by atoms with E-state index in [-0.39, 0.29) is 0 Å². The Kier molecular flexibility index (Phi) is 5.24. The molecule has 0 aliphatic heterocycles. The highest BCUT2D eigenvalue weighted by atomic mass is 19.4. The largest absolute Gasteiger partial charge is 0.416 e. The number of fused-ring (bicyclic) bond motifs is 1. The summed E-state index contributed by atoms with van der Waals surface area (Å²) in [7, 11) is 0. The average molecular weight is 409 g/mol. The molecule has 6 heteroatoms. The molecule has 0 saturated heterocycles. The van der Waals surface area contributed by atoms with Gasteiger partial charge in [0.05, 0.1) is 16.6 Å². The van der Waals surface area contributed by atoms with Crippen molar-refractivity contribution in [3.63, 3.8) is 0 Å². The van der Waals surface area contributed by atoms with Gasteiger partial charge in [-0.25, -0.2) is 4.98 Å². The first kappa shape index (κ1) is 20.0. The summed E-state index contributed by atoms with van der Waals surface area (Å²) in [4.78, 5) is 6.47. The highest BCUT2D eigenvalue weighted by Crippen LogP contribution is 2.32. The van der Waals surface area contributed by atoms with Gasteiger partial charge in [-0.1, -0.05) is 24.3 Å². The van der Waals surface area contributed by atoms with Gasteiger partial charge in [-0.2, -0.15) is 13.2 Å². The monoisotopic (exact) mass is 409 g/mol. The molecule has 0 amide bonds. The molecule has 0 N–H and O–H groups in total. The zero-order chi connectivity index (χ0) is 21.3. The van der Waals surface area contributed by atoms with Crippen LogP contribution in [0.2, 0.25) is 0 Å². The molecule has 0 spiro atoms. The quantitative estimate of drug-likeness (QED) is 0.372. The first-order valence-corrected chi connectivity index (χ1v) is 9.91. The third-order valence-electron chi connectivity index (χ3n) is 5.31. The summed E-state index contributed by atoms with van der Waals surface area (Å²) in [5, 5.41) is 0. The van der Waals surface area contributed by atoms with Crippen molar-refractivity contribution in [1.29, 1.82) is 0 Å². The van der Waals surface area contributed by atoms with Crippen LogP contribution in [0.1, 0.15) is 19.4 Å². The molecule has 0 aliphatic carbocycles. The van der Waals surface area contributed by atoms with Crippen LogP contribution in [0.15, 0.2) is 73.1 Å². The number of nitrogens with zero attached hydrogens (tertiary/aromatic N) is 3. The molecule has 0 fully saturated rings. The van der Waals surface area contributed by atoms with Gasteiger partial charge in [0, 0.05) is 24.5 Å². The van der Waals surface area contributed by atoms with Crippen molar-refractivity contribution in [3.8, 4) is 16.8 Å². The normalized spacial score (nSPS) is 11.8. The van der Waals surface area contributed by atoms with E-state index in [0.29, 0.717) is 11.0 Å². The topological polar surface area (TPSA) is 21.1 Å². The molecular weight excluding hydrogens is 387 g/mol. The number of halogens is 3.